The molecule has 29 heavy (non-hydrogen) atoms. The van der Waals surface area contributed by atoms with Gasteiger partial charge in [0.1, 0.15) is 12.4 Å². The number of aromatic hydroxyl groups is 1. The van der Waals surface area contributed by atoms with E-state index in [0.717, 1.165) is 11.1 Å². The van der Waals surface area contributed by atoms with Crippen molar-refractivity contribution in [3.05, 3.63) is 95.6 Å². The molecule has 3 aromatic carbocycles. The van der Waals surface area contributed by atoms with Gasteiger partial charge in [-0.25, -0.2) is 8.42 Å². The number of phenolic OH excluding ortho intramolecular Hbond substituents is 1. The smallest absolute Gasteiger partial charge is 0.325 e. The Morgan fingerprint density at radius 2 is 1.52 bits per heavy atom. The van der Waals surface area contributed by atoms with Crippen molar-refractivity contribution in [2.24, 2.45) is 0 Å². The normalized spacial score (nSPS) is 12.3. The van der Waals surface area contributed by atoms with Gasteiger partial charge in [0.2, 0.25) is 0 Å². The molecule has 3 aromatic rings. The summed E-state index contributed by atoms with van der Waals surface area (Å²) < 4.78 is 31.8. The molecule has 0 saturated heterocycles. The van der Waals surface area contributed by atoms with Gasteiger partial charge in [0, 0.05) is 6.42 Å². The zero-order valence-electron chi connectivity index (χ0n) is 16.0. The number of aryl methyl sites for hydroxylation is 1. The van der Waals surface area contributed by atoms with Gasteiger partial charge in [-0.2, -0.15) is 0 Å². The van der Waals surface area contributed by atoms with Crippen LogP contribution < -0.4 is 0 Å². The number of sulfone groups is 1. The van der Waals surface area contributed by atoms with Crippen LogP contribution in [0.1, 0.15) is 16.7 Å². The van der Waals surface area contributed by atoms with E-state index in [4.69, 9.17) is 4.74 Å². The number of phenols is 1. The molecule has 0 aliphatic rings. The molecule has 150 valence electrons. The first kappa shape index (κ1) is 20.6. The summed E-state index contributed by atoms with van der Waals surface area (Å²) >= 11 is 0. The summed E-state index contributed by atoms with van der Waals surface area (Å²) in [7, 11) is -3.97. The maximum Gasteiger partial charge on any atom is 0.325 e. The molecular weight excluding hydrogens is 388 g/mol. The summed E-state index contributed by atoms with van der Waals surface area (Å²) in [4.78, 5) is 12.9. The molecule has 1 atom stereocenters. The van der Waals surface area contributed by atoms with E-state index >= 15 is 0 Å². The topological polar surface area (TPSA) is 80.7 Å². The molecule has 0 fully saturated rings. The van der Waals surface area contributed by atoms with Crippen molar-refractivity contribution in [2.45, 2.75) is 30.1 Å². The van der Waals surface area contributed by atoms with Gasteiger partial charge >= 0.3 is 5.97 Å². The predicted molar refractivity (Wildman–Crippen MR) is 110 cm³/mol. The Balaban J connectivity index is 1.88. The van der Waals surface area contributed by atoms with E-state index in [0.29, 0.717) is 5.56 Å². The van der Waals surface area contributed by atoms with Crippen LogP contribution in [0.5, 0.6) is 5.75 Å². The number of benzene rings is 3. The molecule has 6 heteroatoms. The van der Waals surface area contributed by atoms with Crippen LogP contribution in [0.2, 0.25) is 0 Å². The van der Waals surface area contributed by atoms with Crippen molar-refractivity contribution in [3.63, 3.8) is 0 Å². The fourth-order valence-corrected chi connectivity index (χ4v) is 4.46. The van der Waals surface area contributed by atoms with E-state index < -0.39 is 21.1 Å². The third-order valence-electron chi connectivity index (χ3n) is 4.57. The van der Waals surface area contributed by atoms with Crippen LogP contribution in [0.4, 0.5) is 0 Å². The minimum Gasteiger partial charge on any atom is -0.508 e. The van der Waals surface area contributed by atoms with Crippen molar-refractivity contribution in [3.8, 4) is 5.75 Å². The first-order valence-corrected chi connectivity index (χ1v) is 10.7. The van der Waals surface area contributed by atoms with Gasteiger partial charge in [0.15, 0.2) is 15.1 Å². The van der Waals surface area contributed by atoms with E-state index in [1.807, 2.05) is 25.1 Å². The molecule has 0 heterocycles. The largest absolute Gasteiger partial charge is 0.508 e. The van der Waals surface area contributed by atoms with Crippen LogP contribution in [0.3, 0.4) is 0 Å². The van der Waals surface area contributed by atoms with Gasteiger partial charge in [-0.1, -0.05) is 60.2 Å². The minimum absolute atomic E-state index is 0.00479. The van der Waals surface area contributed by atoms with E-state index in [9.17, 15) is 18.3 Å². The van der Waals surface area contributed by atoms with Gasteiger partial charge in [-0.15, -0.1) is 0 Å². The van der Waals surface area contributed by atoms with Gasteiger partial charge < -0.3 is 9.84 Å². The van der Waals surface area contributed by atoms with Gasteiger partial charge in [-0.05, 0) is 42.3 Å². The third kappa shape index (κ3) is 5.23. The molecule has 0 spiro atoms. The van der Waals surface area contributed by atoms with Gasteiger partial charge in [-0.3, -0.25) is 4.79 Å². The lowest BCUT2D eigenvalue weighted by Crippen LogP contribution is -2.34. The number of hydrogen-bond donors (Lipinski definition) is 1. The molecule has 0 saturated carbocycles. The molecule has 0 aromatic heterocycles. The second-order valence-corrected chi connectivity index (χ2v) is 8.94. The molecule has 1 N–H and O–H groups in total. The highest BCUT2D eigenvalue weighted by atomic mass is 32.2. The second-order valence-electron chi connectivity index (χ2n) is 6.81. The summed E-state index contributed by atoms with van der Waals surface area (Å²) in [5.41, 5.74) is 2.31. The predicted octanol–water partition coefficient (Wildman–Crippen LogP) is 3.83. The van der Waals surface area contributed by atoms with Gasteiger partial charge in [0.25, 0.3) is 0 Å². The molecule has 3 rings (SSSR count). The lowest BCUT2D eigenvalue weighted by atomic mass is 10.1. The zero-order chi connectivity index (χ0) is 20.9. The Bertz CT molecular complexity index is 1060. The Kier molecular flexibility index (Phi) is 6.34. The summed E-state index contributed by atoms with van der Waals surface area (Å²) in [6.45, 7) is 1.85. The molecule has 0 bridgehead atoms. The Labute approximate surface area is 170 Å². The van der Waals surface area contributed by atoms with Crippen molar-refractivity contribution in [1.29, 1.82) is 0 Å². The number of ether oxygens (including phenoxy) is 1. The van der Waals surface area contributed by atoms with Crippen molar-refractivity contribution >= 4 is 15.8 Å². The monoisotopic (exact) mass is 410 g/mol. The molecule has 0 amide bonds. The van der Waals surface area contributed by atoms with E-state index in [1.165, 1.54) is 24.3 Å². The summed E-state index contributed by atoms with van der Waals surface area (Å²) in [5, 5.41) is 8.07. The zero-order valence-corrected chi connectivity index (χ0v) is 16.8. The maximum atomic E-state index is 13.2. The Morgan fingerprint density at radius 1 is 0.897 bits per heavy atom. The summed E-state index contributed by atoms with van der Waals surface area (Å²) in [6.07, 6.45) is -0.0515. The number of esters is 1. The number of carbonyl (C=O) groups excluding carboxylic acids is 1. The number of hydrogen-bond acceptors (Lipinski definition) is 5. The van der Waals surface area contributed by atoms with Crippen molar-refractivity contribution in [2.75, 3.05) is 0 Å². The SMILES string of the molecule is Cc1ccc(S(=O)(=O)[C@@H](Cc2ccc(O)cc2)C(=O)OCc2ccccc2)cc1. The quantitative estimate of drug-likeness (QED) is 0.599. The number of carbonyl (C=O) groups is 1. The first-order valence-electron chi connectivity index (χ1n) is 9.15. The van der Waals surface area contributed by atoms with Crippen LogP contribution in [0.25, 0.3) is 0 Å². The fourth-order valence-electron chi connectivity index (χ4n) is 2.88. The highest BCUT2D eigenvalue weighted by Gasteiger charge is 2.35. The van der Waals surface area contributed by atoms with E-state index in [1.54, 1.807) is 36.4 Å². The highest BCUT2D eigenvalue weighted by molar-refractivity contribution is 7.92. The van der Waals surface area contributed by atoms with Crippen LogP contribution >= 0.6 is 0 Å². The van der Waals surface area contributed by atoms with Crippen LogP contribution in [-0.4, -0.2) is 24.7 Å². The van der Waals surface area contributed by atoms with Crippen LogP contribution in [0, 0.1) is 6.92 Å². The fraction of sp³-hybridized carbons (Fsp3) is 0.174. The average molecular weight is 410 g/mol. The maximum absolute atomic E-state index is 13.2. The van der Waals surface area contributed by atoms with Crippen LogP contribution in [0.15, 0.2) is 83.8 Å². The Morgan fingerprint density at radius 3 is 2.14 bits per heavy atom. The van der Waals surface area contributed by atoms with E-state index in [-0.39, 0.29) is 23.7 Å². The average Bonchev–Trinajstić information content (AvgIpc) is 2.72. The lowest BCUT2D eigenvalue weighted by molar-refractivity contribution is -0.144. The van der Waals surface area contributed by atoms with Crippen molar-refractivity contribution in [1.82, 2.24) is 0 Å². The Hall–Kier alpha value is -3.12. The molecular formula is C23H22O5S. The summed E-state index contributed by atoms with van der Waals surface area (Å²) in [5.74, 6) is -0.735. The first-order chi connectivity index (χ1) is 13.9. The number of rotatable bonds is 7. The van der Waals surface area contributed by atoms with Crippen LogP contribution in [-0.2, 0) is 32.4 Å². The molecule has 0 aliphatic carbocycles. The second kappa shape index (κ2) is 8.92. The minimum atomic E-state index is -3.97. The molecule has 0 radical (unpaired) electrons. The highest BCUT2D eigenvalue weighted by Crippen LogP contribution is 2.23. The third-order valence-corrected chi connectivity index (χ3v) is 6.61. The van der Waals surface area contributed by atoms with Crippen molar-refractivity contribution < 1.29 is 23.1 Å². The molecule has 0 aliphatic heterocycles. The molecule has 5 nitrogen and oxygen atoms in total. The van der Waals surface area contributed by atoms with E-state index in [2.05, 4.69) is 0 Å². The summed E-state index contributed by atoms with van der Waals surface area (Å²) in [6, 6.07) is 21.6. The molecule has 0 unspecified atom stereocenters. The lowest BCUT2D eigenvalue weighted by Gasteiger charge is -2.17. The van der Waals surface area contributed by atoms with Gasteiger partial charge in [0.05, 0.1) is 4.90 Å². The standard InChI is InChI=1S/C23H22O5S/c1-17-7-13-21(14-8-17)29(26,27)22(15-18-9-11-20(24)12-10-18)23(25)28-16-19-5-3-2-4-6-19/h2-14,22,24H,15-16H2,1H3/t22-/m0/s1.